The number of aliphatic hydroxyl groups excluding tert-OH is 1. The van der Waals surface area contributed by atoms with E-state index in [1.807, 2.05) is 0 Å². The summed E-state index contributed by atoms with van der Waals surface area (Å²) in [5.74, 6) is -9.93. The van der Waals surface area contributed by atoms with E-state index in [9.17, 15) is 49.6 Å². The van der Waals surface area contributed by atoms with Crippen molar-refractivity contribution in [2.45, 2.75) is 120 Å². The van der Waals surface area contributed by atoms with Crippen molar-refractivity contribution in [3.63, 3.8) is 0 Å². The van der Waals surface area contributed by atoms with Crippen molar-refractivity contribution in [2.75, 3.05) is 39.3 Å². The normalized spacial score (nSPS) is 23.8. The van der Waals surface area contributed by atoms with Gasteiger partial charge in [0.05, 0.1) is 43.1 Å². The van der Waals surface area contributed by atoms with E-state index in [1.165, 1.54) is 60.0 Å². The number of hydrogen-bond acceptors (Lipinski definition) is 33. The van der Waals surface area contributed by atoms with E-state index >= 15 is 19.2 Å². The minimum Gasteiger partial charge on any atom is -0.506 e. The van der Waals surface area contributed by atoms with Crippen LogP contribution in [0.4, 0.5) is 0 Å². The first kappa shape index (κ1) is 75.2. The molecular formula is C64H67N15O20S6. The summed E-state index contributed by atoms with van der Waals surface area (Å²) in [4.78, 5) is 157. The number of fused-ring (bicyclic) bond motifs is 15. The molecule has 105 heavy (non-hydrogen) atoms. The summed E-state index contributed by atoms with van der Waals surface area (Å²) in [6.45, 7) is 4.14. The third-order valence-electron chi connectivity index (χ3n) is 17.3. The lowest BCUT2D eigenvalue weighted by molar-refractivity contribution is -0.280. The van der Waals surface area contributed by atoms with Crippen molar-refractivity contribution in [1.82, 2.24) is 66.1 Å². The maximum absolute atomic E-state index is 15.2. The van der Waals surface area contributed by atoms with Crippen LogP contribution >= 0.6 is 68.4 Å². The summed E-state index contributed by atoms with van der Waals surface area (Å²) in [6, 6.07) is -2.07. The van der Waals surface area contributed by atoms with Gasteiger partial charge in [-0.25, -0.2) is 39.5 Å². The smallest absolute Gasteiger partial charge is 0.358 e. The number of nitrogens with zero attached hydrogens (tertiary/aromatic N) is 8. The van der Waals surface area contributed by atoms with Gasteiger partial charge in [0.2, 0.25) is 11.8 Å². The Hall–Kier alpha value is -9.50. The van der Waals surface area contributed by atoms with Crippen LogP contribution in [0.25, 0.3) is 49.3 Å². The molecule has 12 unspecified atom stereocenters. The second kappa shape index (κ2) is 30.9. The van der Waals surface area contributed by atoms with Crippen molar-refractivity contribution >= 4 is 138 Å². The van der Waals surface area contributed by atoms with Crippen molar-refractivity contribution in [3.05, 3.63) is 112 Å². The number of aliphatic carboxylic acids is 1. The second-order valence-electron chi connectivity index (χ2n) is 24.9. The van der Waals surface area contributed by atoms with Crippen LogP contribution in [-0.4, -0.2) is 218 Å². The number of carboxylic acids is 1. The standard InChI is InChI=1S/C64H67N15O20S6/c1-23(80)41-55(87)76-42(24(2)94-7)58-71-36(22-103-58)54(86)77-45-47-48(99-39-12-64(4,92)49(78(5)6)25(3)98-39)63(91)96-13-26-9-8-10-37-40(26)28(14-95-47)46(79(37)93)62(90)97-15-30(67-51(83)33-21-105-60(45)73-33)57-69-31(18-102-57)43-27(56-70-35(19-101-56)53(85)75-41)11-38(81)44(74-43)59-72-34(20-104-59)52(84)68-32(50(66)82)17-100-16-29(65)61(88)89/h8-11,18-23,25,29-30,32,39,41,45,47-49,80-81,92-93H,12-17,65H2,1-7H3,(H2,66,82)(H,67,83)(H,68,84)(H,75,85)(H,76,87)(H,77,86)(H,88,89). The van der Waals surface area contributed by atoms with Crippen LogP contribution in [0, 0.1) is 0 Å². The number of nitrogens with one attached hydrogen (secondary N) is 5. The molecule has 35 nitrogen and oxygen atoms in total. The highest BCUT2D eigenvalue weighted by Crippen LogP contribution is 2.43. The number of cyclic esters (lactones) is 2. The average Bonchev–Trinajstić information content (AvgIpc) is 1.63. The quantitative estimate of drug-likeness (QED) is 0.0423. The lowest BCUT2D eigenvalue weighted by atomic mass is 9.85. The van der Waals surface area contributed by atoms with E-state index in [0.29, 0.717) is 4.73 Å². The lowest BCUT2D eigenvalue weighted by Gasteiger charge is -2.48. The van der Waals surface area contributed by atoms with E-state index in [-0.39, 0.29) is 122 Å². The minimum atomic E-state index is -1.94. The summed E-state index contributed by atoms with van der Waals surface area (Å²) in [6.07, 6.45) is -7.65. The lowest BCUT2D eigenvalue weighted by Crippen LogP contribution is -2.62. The Morgan fingerprint density at radius 2 is 1.52 bits per heavy atom. The van der Waals surface area contributed by atoms with Gasteiger partial charge in [-0.05, 0) is 59.5 Å². The van der Waals surface area contributed by atoms with Gasteiger partial charge in [-0.1, -0.05) is 12.1 Å². The van der Waals surface area contributed by atoms with E-state index in [1.54, 1.807) is 45.0 Å². The molecule has 8 aromatic rings. The maximum atomic E-state index is 15.2. The number of aromatic hydroxyl groups is 1. The highest BCUT2D eigenvalue weighted by atomic mass is 32.2. The molecule has 0 saturated carbocycles. The van der Waals surface area contributed by atoms with E-state index in [0.717, 1.165) is 68.4 Å². The maximum Gasteiger partial charge on any atom is 0.358 e. The van der Waals surface area contributed by atoms with Gasteiger partial charge in [0.25, 0.3) is 23.6 Å². The number of nitrogens with two attached hydrogens (primary N) is 2. The summed E-state index contributed by atoms with van der Waals surface area (Å²) >= 11 is 5.32. The number of pyridine rings is 1. The molecule has 6 amide bonds. The number of likely N-dealkylation sites (N-methyl/N-ethyl adjacent to an activating group) is 1. The molecule has 7 aromatic heterocycles. The number of thioether (sulfide) groups is 1. The molecule has 554 valence electrons. The molecule has 4 aliphatic rings. The summed E-state index contributed by atoms with van der Waals surface area (Å²) in [7, 11) is 4.82. The molecule has 41 heteroatoms. The molecule has 12 bridgehead atoms. The zero-order valence-corrected chi connectivity index (χ0v) is 61.2. The molecule has 1 aromatic carbocycles. The third kappa shape index (κ3) is 15.6. The SMILES string of the molecule is COC(C)=C1NC(=O)C(C(C)O)NC(=O)c2csc(n2)-c2cc(O)c(-c3nc(C(=O)NC(CSCC(N)C(=O)O)C(N)=O)cs3)nc2-c2csc(n2)C2COC(=O)c3c4c5c(cccc5n3O)COC(=O)C(OC3CC(C)(O)C(N(C)C)C(C)O3)C(OC4)C(NC(=O)c3csc1n3)c1nc(cs1)C(=O)N2. The molecule has 12 rings (SSSR count). The van der Waals surface area contributed by atoms with Gasteiger partial charge >= 0.3 is 17.9 Å². The molecule has 0 aliphatic carbocycles. The van der Waals surface area contributed by atoms with E-state index in [4.69, 9.17) is 54.8 Å². The van der Waals surface area contributed by atoms with Crippen LogP contribution in [0.15, 0.2) is 56.9 Å². The van der Waals surface area contributed by atoms with Crippen molar-refractivity contribution in [1.29, 1.82) is 0 Å². The first-order valence-electron chi connectivity index (χ1n) is 31.8. The number of esters is 2. The number of thiazole rings is 5. The number of ether oxygens (including phenoxy) is 6. The molecule has 12 atom stereocenters. The van der Waals surface area contributed by atoms with Gasteiger partial charge in [0.1, 0.15) is 132 Å². The van der Waals surface area contributed by atoms with Gasteiger partial charge in [0.15, 0.2) is 18.1 Å². The Labute approximate surface area is 618 Å². The zero-order valence-electron chi connectivity index (χ0n) is 56.3. The van der Waals surface area contributed by atoms with E-state index < -0.39 is 157 Å². The number of carbonyl (C=O) groups excluding carboxylic acids is 8. The monoisotopic (exact) mass is 1560 g/mol. The summed E-state index contributed by atoms with van der Waals surface area (Å²) in [5.41, 5.74) is 8.03. The molecule has 1 fully saturated rings. The molecule has 1 saturated heterocycles. The number of hydrogen-bond donors (Lipinski definition) is 12. The van der Waals surface area contributed by atoms with Gasteiger partial charge in [-0.15, -0.1) is 56.7 Å². The van der Waals surface area contributed by atoms with Crippen molar-refractivity contribution in [2.24, 2.45) is 11.5 Å². The van der Waals surface area contributed by atoms with Crippen LogP contribution in [-0.2, 0) is 60.8 Å². The van der Waals surface area contributed by atoms with Crippen LogP contribution in [0.5, 0.6) is 5.75 Å². The fourth-order valence-corrected chi connectivity index (χ4v) is 17.5. The molecule has 11 heterocycles. The van der Waals surface area contributed by atoms with Gasteiger partial charge in [-0.3, -0.25) is 33.6 Å². The van der Waals surface area contributed by atoms with Gasteiger partial charge in [-0.2, -0.15) is 16.5 Å². The first-order chi connectivity index (χ1) is 50.0. The number of aliphatic hydroxyl groups is 2. The highest BCUT2D eigenvalue weighted by molar-refractivity contribution is 7.99. The fourth-order valence-electron chi connectivity index (χ4n) is 12.3. The largest absolute Gasteiger partial charge is 0.506 e. The molecule has 14 N–H and O–H groups in total. The van der Waals surface area contributed by atoms with Gasteiger partial charge in [0, 0.05) is 61.3 Å². The number of benzene rings is 1. The van der Waals surface area contributed by atoms with Crippen LogP contribution < -0.4 is 38.1 Å². The summed E-state index contributed by atoms with van der Waals surface area (Å²) in [5, 5.41) is 76.8. The number of methoxy groups -OCH3 is 1. The van der Waals surface area contributed by atoms with Crippen molar-refractivity contribution < 1.29 is 97.2 Å². The van der Waals surface area contributed by atoms with Crippen LogP contribution in [0.3, 0.4) is 0 Å². The fraction of sp³-hybridized carbons (Fsp3) is 0.391. The number of rotatable bonds is 14. The Morgan fingerprint density at radius 3 is 2.23 bits per heavy atom. The second-order valence-corrected chi connectivity index (χ2v) is 30.4. The number of primary amides is 1. The topological polar surface area (TPSA) is 508 Å². The molecule has 0 radical (unpaired) electrons. The summed E-state index contributed by atoms with van der Waals surface area (Å²) < 4.78 is 38.2. The molecular weight excluding hydrogens is 1490 g/mol. The number of amides is 6. The predicted octanol–water partition coefficient (Wildman–Crippen LogP) is 2.89. The Kier molecular flexibility index (Phi) is 22.1. The average molecular weight is 1560 g/mol. The number of carboxylic acid groups (broad SMARTS) is 1. The molecule has 4 aliphatic heterocycles. The number of allylic oxidation sites excluding steroid dienone is 1. The first-order valence-corrected chi connectivity index (χ1v) is 37.4. The number of carbonyl (C=O) groups is 9. The Bertz CT molecular complexity index is 4790. The highest BCUT2D eigenvalue weighted by Gasteiger charge is 2.50. The van der Waals surface area contributed by atoms with Crippen molar-refractivity contribution in [3.8, 4) is 38.4 Å². The predicted molar refractivity (Wildman–Crippen MR) is 378 cm³/mol. The number of aromatic nitrogens is 7. The third-order valence-corrected chi connectivity index (χ3v) is 22.9. The van der Waals surface area contributed by atoms with Gasteiger partial charge < -0.3 is 97.0 Å². The van der Waals surface area contributed by atoms with E-state index in [2.05, 4.69) is 41.5 Å². The Morgan fingerprint density at radius 1 is 0.857 bits per heavy atom. The molecule has 0 spiro atoms. The zero-order chi connectivity index (χ0) is 75.2. The van der Waals surface area contributed by atoms with Crippen LogP contribution in [0.1, 0.15) is 125 Å². The minimum absolute atomic E-state index is 0.00621. The van der Waals surface area contributed by atoms with Crippen LogP contribution in [0.2, 0.25) is 0 Å². The Balaban J connectivity index is 1.01.